The molecule has 0 atom stereocenters. The van der Waals surface area contributed by atoms with Gasteiger partial charge in [-0.2, -0.15) is 0 Å². The number of nitrogens with zero attached hydrogens (tertiary/aromatic N) is 1. The Kier molecular flexibility index (Phi) is 4.18. The van der Waals surface area contributed by atoms with Gasteiger partial charge in [0.25, 0.3) is 15.7 Å². The fraction of sp³-hybridized carbons (Fsp3) is 0.200. The van der Waals surface area contributed by atoms with E-state index in [0.29, 0.717) is 5.69 Å². The topological polar surface area (TPSA) is 89.3 Å². The second kappa shape index (κ2) is 5.76. The summed E-state index contributed by atoms with van der Waals surface area (Å²) in [6.45, 7) is 5.15. The van der Waals surface area contributed by atoms with Gasteiger partial charge in [-0.05, 0) is 50.1 Å². The van der Waals surface area contributed by atoms with Gasteiger partial charge < -0.3 is 0 Å². The summed E-state index contributed by atoms with van der Waals surface area (Å²) in [7, 11) is -3.89. The molecule has 0 saturated heterocycles. The number of nitro benzene ring substituents is 1. The van der Waals surface area contributed by atoms with Crippen molar-refractivity contribution in [1.82, 2.24) is 0 Å². The number of aryl methyl sites for hydroxylation is 2. The number of hydrogen-bond acceptors (Lipinski definition) is 4. The molecule has 0 fully saturated rings. The summed E-state index contributed by atoms with van der Waals surface area (Å²) >= 11 is 0. The molecule has 22 heavy (non-hydrogen) atoms. The van der Waals surface area contributed by atoms with Gasteiger partial charge in [-0.15, -0.1) is 0 Å². The van der Waals surface area contributed by atoms with E-state index in [1.54, 1.807) is 12.1 Å². The van der Waals surface area contributed by atoms with Gasteiger partial charge in [-0.3, -0.25) is 14.8 Å². The first-order valence-electron chi connectivity index (χ1n) is 6.56. The number of anilines is 1. The van der Waals surface area contributed by atoms with Crippen molar-refractivity contribution in [3.05, 3.63) is 63.2 Å². The molecule has 0 heterocycles. The van der Waals surface area contributed by atoms with E-state index in [0.717, 1.165) is 11.1 Å². The van der Waals surface area contributed by atoms with Crippen molar-refractivity contribution in [2.45, 2.75) is 25.7 Å². The number of rotatable bonds is 4. The van der Waals surface area contributed by atoms with Crippen LogP contribution in [0.2, 0.25) is 0 Å². The fourth-order valence-electron chi connectivity index (χ4n) is 2.34. The fourth-order valence-corrected chi connectivity index (χ4v) is 3.64. The molecule has 1 N–H and O–H groups in total. The number of nitro groups is 1. The zero-order valence-corrected chi connectivity index (χ0v) is 13.3. The van der Waals surface area contributed by atoms with E-state index in [4.69, 9.17) is 0 Å². The number of hydrogen-bond donors (Lipinski definition) is 1. The standard InChI is InChI=1S/C15H16N2O4S/c1-10-7-11(2)9-13(8-10)16-22(20,21)15-6-4-5-14(12(15)3)17(18)19/h4-9,16H,1-3H3. The van der Waals surface area contributed by atoms with Gasteiger partial charge in [0.15, 0.2) is 0 Å². The van der Waals surface area contributed by atoms with Crippen molar-refractivity contribution in [3.63, 3.8) is 0 Å². The normalized spacial score (nSPS) is 11.2. The lowest BCUT2D eigenvalue weighted by Gasteiger charge is -2.11. The van der Waals surface area contributed by atoms with E-state index in [1.165, 1.54) is 25.1 Å². The summed E-state index contributed by atoms with van der Waals surface area (Å²) < 4.78 is 27.4. The summed E-state index contributed by atoms with van der Waals surface area (Å²) in [5.74, 6) is 0. The smallest absolute Gasteiger partial charge is 0.273 e. The van der Waals surface area contributed by atoms with Crippen LogP contribution in [-0.2, 0) is 10.0 Å². The number of sulfonamides is 1. The molecule has 2 aromatic rings. The van der Waals surface area contributed by atoms with Crippen LogP contribution in [-0.4, -0.2) is 13.3 Å². The summed E-state index contributed by atoms with van der Waals surface area (Å²) in [6.07, 6.45) is 0. The van der Waals surface area contributed by atoms with Gasteiger partial charge in [0.1, 0.15) is 0 Å². The number of benzene rings is 2. The SMILES string of the molecule is Cc1cc(C)cc(NS(=O)(=O)c2cccc([N+](=O)[O-])c2C)c1. The molecular formula is C15H16N2O4S. The second-order valence-corrected chi connectivity index (χ2v) is 6.79. The first-order valence-corrected chi connectivity index (χ1v) is 8.04. The minimum Gasteiger partial charge on any atom is -0.280 e. The maximum atomic E-state index is 12.5. The Morgan fingerprint density at radius 3 is 2.18 bits per heavy atom. The molecule has 0 spiro atoms. The lowest BCUT2D eigenvalue weighted by Crippen LogP contribution is -2.15. The Balaban J connectivity index is 2.47. The van der Waals surface area contributed by atoms with Crippen molar-refractivity contribution in [2.75, 3.05) is 4.72 Å². The highest BCUT2D eigenvalue weighted by molar-refractivity contribution is 7.92. The Morgan fingerprint density at radius 1 is 1.05 bits per heavy atom. The van der Waals surface area contributed by atoms with Crippen molar-refractivity contribution in [2.24, 2.45) is 0 Å². The summed E-state index contributed by atoms with van der Waals surface area (Å²) in [4.78, 5) is 10.3. The minimum absolute atomic E-state index is 0.0964. The van der Waals surface area contributed by atoms with E-state index in [9.17, 15) is 18.5 Å². The molecule has 0 saturated carbocycles. The second-order valence-electron chi connectivity index (χ2n) is 5.14. The maximum absolute atomic E-state index is 12.5. The predicted molar refractivity (Wildman–Crippen MR) is 84.6 cm³/mol. The Labute approximate surface area is 129 Å². The van der Waals surface area contributed by atoms with E-state index in [1.807, 2.05) is 19.9 Å². The van der Waals surface area contributed by atoms with Crippen LogP contribution in [0.4, 0.5) is 11.4 Å². The lowest BCUT2D eigenvalue weighted by atomic mass is 10.1. The maximum Gasteiger partial charge on any atom is 0.273 e. The van der Waals surface area contributed by atoms with Gasteiger partial charge >= 0.3 is 0 Å². The van der Waals surface area contributed by atoms with E-state index < -0.39 is 14.9 Å². The van der Waals surface area contributed by atoms with Gasteiger partial charge in [0, 0.05) is 17.3 Å². The molecule has 0 bridgehead atoms. The molecule has 0 unspecified atom stereocenters. The first kappa shape index (κ1) is 16.0. The Bertz CT molecular complexity index is 824. The van der Waals surface area contributed by atoms with Crippen molar-refractivity contribution in [1.29, 1.82) is 0 Å². The third kappa shape index (κ3) is 3.25. The third-order valence-corrected chi connectivity index (χ3v) is 4.74. The largest absolute Gasteiger partial charge is 0.280 e. The Hall–Kier alpha value is -2.41. The van der Waals surface area contributed by atoms with Crippen LogP contribution in [0.3, 0.4) is 0 Å². The van der Waals surface area contributed by atoms with Crippen LogP contribution in [0.5, 0.6) is 0 Å². The third-order valence-electron chi connectivity index (χ3n) is 3.22. The average molecular weight is 320 g/mol. The van der Waals surface area contributed by atoms with Crippen molar-refractivity contribution >= 4 is 21.4 Å². The molecule has 0 radical (unpaired) electrons. The van der Waals surface area contributed by atoms with Gasteiger partial charge in [-0.1, -0.05) is 12.1 Å². The summed E-state index contributed by atoms with van der Waals surface area (Å²) in [6, 6.07) is 9.34. The van der Waals surface area contributed by atoms with E-state index in [2.05, 4.69) is 4.72 Å². The van der Waals surface area contributed by atoms with Crippen LogP contribution in [0.1, 0.15) is 16.7 Å². The molecule has 0 aliphatic carbocycles. The molecule has 0 aromatic heterocycles. The molecule has 0 aliphatic heterocycles. The van der Waals surface area contributed by atoms with Crippen molar-refractivity contribution < 1.29 is 13.3 Å². The summed E-state index contributed by atoms with van der Waals surface area (Å²) in [5.41, 5.74) is 2.18. The minimum atomic E-state index is -3.89. The number of nitrogens with one attached hydrogen (secondary N) is 1. The molecule has 7 heteroatoms. The van der Waals surface area contributed by atoms with Crippen LogP contribution < -0.4 is 4.72 Å². The van der Waals surface area contributed by atoms with Gasteiger partial charge in [0.05, 0.1) is 9.82 Å². The molecule has 2 rings (SSSR count). The molecule has 0 aliphatic rings. The van der Waals surface area contributed by atoms with E-state index >= 15 is 0 Å². The highest BCUT2D eigenvalue weighted by Gasteiger charge is 2.23. The first-order chi connectivity index (χ1) is 10.2. The molecule has 6 nitrogen and oxygen atoms in total. The quantitative estimate of drug-likeness (QED) is 0.691. The van der Waals surface area contributed by atoms with Crippen LogP contribution >= 0.6 is 0 Å². The zero-order valence-electron chi connectivity index (χ0n) is 12.5. The summed E-state index contributed by atoms with van der Waals surface area (Å²) in [5, 5.41) is 10.9. The molecule has 0 amide bonds. The van der Waals surface area contributed by atoms with Crippen molar-refractivity contribution in [3.8, 4) is 0 Å². The van der Waals surface area contributed by atoms with Crippen LogP contribution in [0.25, 0.3) is 0 Å². The predicted octanol–water partition coefficient (Wildman–Crippen LogP) is 3.32. The van der Waals surface area contributed by atoms with E-state index in [-0.39, 0.29) is 16.1 Å². The van der Waals surface area contributed by atoms with Crippen LogP contribution in [0.15, 0.2) is 41.3 Å². The van der Waals surface area contributed by atoms with Gasteiger partial charge in [-0.25, -0.2) is 8.42 Å². The zero-order chi connectivity index (χ0) is 16.5. The average Bonchev–Trinajstić information content (AvgIpc) is 2.36. The Morgan fingerprint density at radius 2 is 1.64 bits per heavy atom. The van der Waals surface area contributed by atoms with Gasteiger partial charge in [0.2, 0.25) is 0 Å². The highest BCUT2D eigenvalue weighted by Crippen LogP contribution is 2.26. The molecule has 2 aromatic carbocycles. The monoisotopic (exact) mass is 320 g/mol. The lowest BCUT2D eigenvalue weighted by molar-refractivity contribution is -0.385. The molecule has 116 valence electrons. The highest BCUT2D eigenvalue weighted by atomic mass is 32.2. The van der Waals surface area contributed by atoms with Crippen LogP contribution in [0, 0.1) is 30.9 Å². The molecular weight excluding hydrogens is 304 g/mol.